The van der Waals surface area contributed by atoms with Crippen molar-refractivity contribution in [3.05, 3.63) is 58.3 Å². The van der Waals surface area contributed by atoms with Crippen molar-refractivity contribution in [2.75, 3.05) is 33.2 Å². The molecule has 2 heterocycles. The summed E-state index contributed by atoms with van der Waals surface area (Å²) in [7, 11) is 1.69. The van der Waals surface area contributed by atoms with Crippen molar-refractivity contribution >= 4 is 23.2 Å². The van der Waals surface area contributed by atoms with E-state index in [0.717, 1.165) is 38.9 Å². The molecule has 2 aromatic rings. The highest BCUT2D eigenvalue weighted by atomic mass is 32.1. The molecule has 1 saturated heterocycles. The van der Waals surface area contributed by atoms with Gasteiger partial charge >= 0.3 is 0 Å². The van der Waals surface area contributed by atoms with Crippen molar-refractivity contribution in [2.45, 2.75) is 25.8 Å². The number of thiophene rings is 1. The first-order chi connectivity index (χ1) is 13.7. The van der Waals surface area contributed by atoms with E-state index in [1.165, 1.54) is 10.4 Å². The standard InChI is InChI=1S/C22H29N3O2S/c1-23-22(27)19-10-12-24(13-11-19)17-21(26)25(16-20-8-5-15-28-20)14-9-18-6-3-2-4-7-18/h2-8,15,19H,9-14,16-17H2,1H3,(H,23,27). The number of amides is 2. The number of likely N-dealkylation sites (tertiary alicyclic amines) is 1. The summed E-state index contributed by atoms with van der Waals surface area (Å²) in [4.78, 5) is 30.2. The zero-order chi connectivity index (χ0) is 19.8. The molecule has 1 aliphatic rings. The number of carbonyl (C=O) groups excluding carboxylic acids is 2. The Morgan fingerprint density at radius 1 is 1.14 bits per heavy atom. The van der Waals surface area contributed by atoms with Gasteiger partial charge in [0, 0.05) is 24.4 Å². The van der Waals surface area contributed by atoms with Crippen molar-refractivity contribution in [3.8, 4) is 0 Å². The second-order valence-corrected chi connectivity index (χ2v) is 8.33. The Kier molecular flexibility index (Phi) is 7.62. The zero-order valence-corrected chi connectivity index (χ0v) is 17.3. The monoisotopic (exact) mass is 399 g/mol. The van der Waals surface area contributed by atoms with E-state index in [0.29, 0.717) is 13.1 Å². The van der Waals surface area contributed by atoms with Crippen LogP contribution in [0.4, 0.5) is 0 Å². The van der Waals surface area contributed by atoms with Gasteiger partial charge in [0.05, 0.1) is 13.1 Å². The number of carbonyl (C=O) groups is 2. The molecule has 3 rings (SSSR count). The lowest BCUT2D eigenvalue weighted by Crippen LogP contribution is -2.45. The highest BCUT2D eigenvalue weighted by molar-refractivity contribution is 7.09. The molecule has 6 heteroatoms. The molecule has 2 amide bonds. The van der Waals surface area contributed by atoms with Crippen LogP contribution in [0.5, 0.6) is 0 Å². The van der Waals surface area contributed by atoms with Gasteiger partial charge in [-0.15, -0.1) is 11.3 Å². The average molecular weight is 400 g/mol. The van der Waals surface area contributed by atoms with Crippen LogP contribution >= 0.6 is 11.3 Å². The van der Waals surface area contributed by atoms with Crippen LogP contribution in [0.15, 0.2) is 47.8 Å². The third kappa shape index (κ3) is 5.91. The molecule has 1 fully saturated rings. The smallest absolute Gasteiger partial charge is 0.237 e. The van der Waals surface area contributed by atoms with Crippen molar-refractivity contribution in [1.82, 2.24) is 15.1 Å². The van der Waals surface area contributed by atoms with E-state index in [4.69, 9.17) is 0 Å². The van der Waals surface area contributed by atoms with Crippen LogP contribution in [0, 0.1) is 5.92 Å². The first-order valence-electron chi connectivity index (χ1n) is 9.93. The molecule has 1 aliphatic heterocycles. The molecule has 1 N–H and O–H groups in total. The van der Waals surface area contributed by atoms with Gasteiger partial charge in [0.15, 0.2) is 0 Å². The fourth-order valence-electron chi connectivity index (χ4n) is 3.64. The largest absolute Gasteiger partial charge is 0.359 e. The summed E-state index contributed by atoms with van der Waals surface area (Å²) in [6.45, 7) is 3.42. The van der Waals surface area contributed by atoms with Gasteiger partial charge in [-0.25, -0.2) is 0 Å². The number of nitrogens with one attached hydrogen (secondary N) is 1. The molecule has 1 aromatic heterocycles. The lowest BCUT2D eigenvalue weighted by molar-refractivity contribution is -0.133. The molecule has 0 aliphatic carbocycles. The fraction of sp³-hybridized carbons (Fsp3) is 0.455. The fourth-order valence-corrected chi connectivity index (χ4v) is 4.36. The molecule has 0 unspecified atom stereocenters. The highest BCUT2D eigenvalue weighted by Gasteiger charge is 2.26. The minimum absolute atomic E-state index is 0.0802. The highest BCUT2D eigenvalue weighted by Crippen LogP contribution is 2.18. The number of nitrogens with zero attached hydrogens (tertiary/aromatic N) is 2. The van der Waals surface area contributed by atoms with Crippen molar-refractivity contribution in [1.29, 1.82) is 0 Å². The molecule has 0 saturated carbocycles. The number of piperidine rings is 1. The van der Waals surface area contributed by atoms with Crippen molar-refractivity contribution in [2.24, 2.45) is 5.92 Å². The van der Waals surface area contributed by atoms with Crippen LogP contribution in [-0.2, 0) is 22.6 Å². The average Bonchev–Trinajstić information content (AvgIpc) is 3.25. The predicted octanol–water partition coefficient (Wildman–Crippen LogP) is 2.78. The Morgan fingerprint density at radius 3 is 2.54 bits per heavy atom. The van der Waals surface area contributed by atoms with E-state index < -0.39 is 0 Å². The summed E-state index contributed by atoms with van der Waals surface area (Å²) in [6.07, 6.45) is 2.50. The lowest BCUT2D eigenvalue weighted by Gasteiger charge is -2.32. The third-order valence-corrected chi connectivity index (χ3v) is 6.22. The van der Waals surface area contributed by atoms with Crippen LogP contribution in [0.3, 0.4) is 0 Å². The van der Waals surface area contributed by atoms with E-state index in [1.807, 2.05) is 29.2 Å². The maximum Gasteiger partial charge on any atom is 0.237 e. The minimum Gasteiger partial charge on any atom is -0.359 e. The van der Waals surface area contributed by atoms with Crippen molar-refractivity contribution < 1.29 is 9.59 Å². The molecule has 5 nitrogen and oxygen atoms in total. The summed E-state index contributed by atoms with van der Waals surface area (Å²) in [6, 6.07) is 14.4. The Hall–Kier alpha value is -2.18. The Balaban J connectivity index is 1.56. The Morgan fingerprint density at radius 2 is 1.89 bits per heavy atom. The molecular formula is C22H29N3O2S. The zero-order valence-electron chi connectivity index (χ0n) is 16.5. The van der Waals surface area contributed by atoms with Gasteiger partial charge in [0.2, 0.25) is 11.8 Å². The lowest BCUT2D eigenvalue weighted by atomic mass is 9.96. The van der Waals surface area contributed by atoms with E-state index >= 15 is 0 Å². The number of benzene rings is 1. The van der Waals surface area contributed by atoms with Gasteiger partial charge in [-0.1, -0.05) is 36.4 Å². The predicted molar refractivity (Wildman–Crippen MR) is 113 cm³/mol. The molecule has 0 atom stereocenters. The molecular weight excluding hydrogens is 370 g/mol. The first-order valence-corrected chi connectivity index (χ1v) is 10.8. The van der Waals surface area contributed by atoms with Crippen LogP contribution in [0.1, 0.15) is 23.3 Å². The van der Waals surface area contributed by atoms with Crippen LogP contribution in [0.25, 0.3) is 0 Å². The summed E-state index contributed by atoms with van der Waals surface area (Å²) in [5.41, 5.74) is 1.25. The summed E-state index contributed by atoms with van der Waals surface area (Å²) >= 11 is 1.69. The van der Waals surface area contributed by atoms with Gasteiger partial charge in [-0.3, -0.25) is 14.5 Å². The van der Waals surface area contributed by atoms with Gasteiger partial charge in [-0.2, -0.15) is 0 Å². The minimum atomic E-state index is 0.0802. The normalized spacial score (nSPS) is 15.3. The molecule has 28 heavy (non-hydrogen) atoms. The molecule has 0 spiro atoms. The first kappa shape index (κ1) is 20.6. The van der Waals surface area contributed by atoms with Crippen molar-refractivity contribution in [3.63, 3.8) is 0 Å². The van der Waals surface area contributed by atoms with E-state index in [2.05, 4.69) is 33.8 Å². The van der Waals surface area contributed by atoms with Gasteiger partial charge in [0.25, 0.3) is 0 Å². The Labute approximate surface area is 171 Å². The van der Waals surface area contributed by atoms with Crippen LogP contribution in [0.2, 0.25) is 0 Å². The quantitative estimate of drug-likeness (QED) is 0.743. The number of rotatable bonds is 8. The SMILES string of the molecule is CNC(=O)C1CCN(CC(=O)N(CCc2ccccc2)Cc2cccs2)CC1. The second-order valence-electron chi connectivity index (χ2n) is 7.29. The van der Waals surface area contributed by atoms with E-state index in [9.17, 15) is 9.59 Å². The molecule has 150 valence electrons. The molecule has 0 radical (unpaired) electrons. The van der Waals surface area contributed by atoms with Crippen LogP contribution < -0.4 is 5.32 Å². The van der Waals surface area contributed by atoms with E-state index in [1.54, 1.807) is 18.4 Å². The summed E-state index contributed by atoms with van der Waals surface area (Å²) in [5, 5.41) is 4.79. The second kappa shape index (κ2) is 10.4. The summed E-state index contributed by atoms with van der Waals surface area (Å²) < 4.78 is 0. The number of hydrogen-bond acceptors (Lipinski definition) is 4. The van der Waals surface area contributed by atoms with Gasteiger partial charge in [-0.05, 0) is 49.4 Å². The third-order valence-electron chi connectivity index (χ3n) is 5.36. The number of hydrogen-bond donors (Lipinski definition) is 1. The molecule has 0 bridgehead atoms. The van der Waals surface area contributed by atoms with Gasteiger partial charge in [0.1, 0.15) is 0 Å². The Bertz CT molecular complexity index is 740. The van der Waals surface area contributed by atoms with Crippen LogP contribution in [-0.4, -0.2) is 54.8 Å². The molecule has 1 aromatic carbocycles. The maximum absolute atomic E-state index is 13.0. The maximum atomic E-state index is 13.0. The van der Waals surface area contributed by atoms with E-state index in [-0.39, 0.29) is 17.7 Å². The summed E-state index contributed by atoms with van der Waals surface area (Å²) in [5.74, 6) is 0.368. The topological polar surface area (TPSA) is 52.7 Å². The van der Waals surface area contributed by atoms with Gasteiger partial charge < -0.3 is 10.2 Å².